The third-order valence-electron chi connectivity index (χ3n) is 3.39. The smallest absolute Gasteiger partial charge is 0.251 e. The lowest BCUT2D eigenvalue weighted by molar-refractivity contribution is 0.0952. The molecular formula is C18H29NO. The highest BCUT2D eigenvalue weighted by molar-refractivity contribution is 5.94. The lowest BCUT2D eigenvalue weighted by Crippen LogP contribution is -2.24. The summed E-state index contributed by atoms with van der Waals surface area (Å²) in [6.07, 6.45) is 5.64. The molecule has 0 bridgehead atoms. The van der Waals surface area contributed by atoms with Crippen molar-refractivity contribution in [2.45, 2.75) is 59.8 Å². The van der Waals surface area contributed by atoms with E-state index in [9.17, 15) is 4.79 Å². The van der Waals surface area contributed by atoms with Crippen molar-refractivity contribution in [2.75, 3.05) is 6.54 Å². The van der Waals surface area contributed by atoms with E-state index in [4.69, 9.17) is 0 Å². The molecule has 0 aliphatic heterocycles. The molecule has 2 nitrogen and oxygen atoms in total. The number of unbranched alkanes of at least 4 members (excludes halogenated alkanes) is 1. The molecule has 20 heavy (non-hydrogen) atoms. The summed E-state index contributed by atoms with van der Waals surface area (Å²) in [5.41, 5.74) is 2.45. The third-order valence-corrected chi connectivity index (χ3v) is 3.39. The number of hydrogen-bond acceptors (Lipinski definition) is 1. The average molecular weight is 275 g/mol. The fourth-order valence-electron chi connectivity index (χ4n) is 2.20. The summed E-state index contributed by atoms with van der Waals surface area (Å²) in [7, 11) is 0. The molecule has 0 radical (unpaired) electrons. The minimum atomic E-state index is 0.0452. The van der Waals surface area contributed by atoms with Crippen LogP contribution in [0.2, 0.25) is 0 Å². The van der Waals surface area contributed by atoms with E-state index in [1.54, 1.807) is 0 Å². The Morgan fingerprint density at radius 3 is 2.30 bits per heavy atom. The van der Waals surface area contributed by atoms with Gasteiger partial charge in [0.15, 0.2) is 0 Å². The van der Waals surface area contributed by atoms with Crippen LogP contribution in [0.15, 0.2) is 24.3 Å². The molecule has 0 aliphatic rings. The summed E-state index contributed by atoms with van der Waals surface area (Å²) in [5.74, 6) is 0.0452. The van der Waals surface area contributed by atoms with Crippen molar-refractivity contribution in [1.82, 2.24) is 5.32 Å². The number of benzene rings is 1. The average Bonchev–Trinajstić information content (AvgIpc) is 2.38. The van der Waals surface area contributed by atoms with Gasteiger partial charge < -0.3 is 5.32 Å². The fraction of sp³-hybridized carbons (Fsp3) is 0.611. The van der Waals surface area contributed by atoms with Gasteiger partial charge in [-0.05, 0) is 42.4 Å². The molecule has 2 heteroatoms. The van der Waals surface area contributed by atoms with Gasteiger partial charge in [0.2, 0.25) is 0 Å². The molecule has 0 heterocycles. The van der Waals surface area contributed by atoms with E-state index >= 15 is 0 Å². The Kier molecular flexibility index (Phi) is 6.77. The summed E-state index contributed by atoms with van der Waals surface area (Å²) in [4.78, 5) is 12.0. The van der Waals surface area contributed by atoms with Crippen molar-refractivity contribution in [3.63, 3.8) is 0 Å². The predicted octanol–water partition coefficient (Wildman–Crippen LogP) is 4.59. The Hall–Kier alpha value is -1.31. The molecule has 0 fully saturated rings. The number of hydrogen-bond donors (Lipinski definition) is 1. The quantitative estimate of drug-likeness (QED) is 0.725. The monoisotopic (exact) mass is 275 g/mol. The van der Waals surface area contributed by atoms with Crippen LogP contribution < -0.4 is 5.32 Å². The molecule has 0 aliphatic carbocycles. The second kappa shape index (κ2) is 8.08. The fourth-order valence-corrected chi connectivity index (χ4v) is 2.20. The first kappa shape index (κ1) is 16.7. The normalized spacial score (nSPS) is 11.4. The van der Waals surface area contributed by atoms with Crippen LogP contribution in [-0.2, 0) is 6.42 Å². The van der Waals surface area contributed by atoms with Gasteiger partial charge in [0, 0.05) is 12.1 Å². The van der Waals surface area contributed by atoms with Gasteiger partial charge in [0.05, 0.1) is 0 Å². The minimum absolute atomic E-state index is 0.0452. The highest BCUT2D eigenvalue weighted by Crippen LogP contribution is 2.21. The Labute approximate surface area is 124 Å². The first-order valence-corrected chi connectivity index (χ1v) is 7.79. The zero-order chi connectivity index (χ0) is 15.0. The molecule has 1 aromatic rings. The molecule has 112 valence electrons. The minimum Gasteiger partial charge on any atom is -0.352 e. The van der Waals surface area contributed by atoms with Crippen molar-refractivity contribution in [1.29, 1.82) is 0 Å². The van der Waals surface area contributed by atoms with Crippen molar-refractivity contribution < 1.29 is 4.79 Å². The van der Waals surface area contributed by atoms with Crippen molar-refractivity contribution in [3.05, 3.63) is 35.4 Å². The zero-order valence-corrected chi connectivity index (χ0v) is 13.5. The SMILES string of the molecule is CCCc1ccc(C(=O)NCCCCC(C)(C)C)cc1. The van der Waals surface area contributed by atoms with E-state index in [0.29, 0.717) is 5.41 Å². The second-order valence-electron chi connectivity index (χ2n) is 6.72. The molecule has 0 atom stereocenters. The molecule has 1 aromatic carbocycles. The zero-order valence-electron chi connectivity index (χ0n) is 13.5. The first-order chi connectivity index (χ1) is 9.42. The van der Waals surface area contributed by atoms with Crippen LogP contribution in [0.5, 0.6) is 0 Å². The van der Waals surface area contributed by atoms with Gasteiger partial charge in [-0.25, -0.2) is 0 Å². The van der Waals surface area contributed by atoms with Gasteiger partial charge in [0.1, 0.15) is 0 Å². The molecule has 1 N–H and O–H groups in total. The first-order valence-electron chi connectivity index (χ1n) is 7.79. The number of carbonyl (C=O) groups is 1. The third kappa shape index (κ3) is 6.74. The molecule has 0 unspecified atom stereocenters. The van der Waals surface area contributed by atoms with Crippen LogP contribution in [0.4, 0.5) is 0 Å². The summed E-state index contributed by atoms with van der Waals surface area (Å²) in [6.45, 7) is 9.69. The standard InChI is InChI=1S/C18H29NO/c1-5-8-15-9-11-16(12-10-15)17(20)19-14-7-6-13-18(2,3)4/h9-12H,5-8,13-14H2,1-4H3,(H,19,20). The second-order valence-corrected chi connectivity index (χ2v) is 6.72. The van der Waals surface area contributed by atoms with Gasteiger partial charge >= 0.3 is 0 Å². The van der Waals surface area contributed by atoms with Gasteiger partial charge in [0.25, 0.3) is 5.91 Å². The van der Waals surface area contributed by atoms with Crippen LogP contribution >= 0.6 is 0 Å². The van der Waals surface area contributed by atoms with E-state index in [1.165, 1.54) is 18.4 Å². The highest BCUT2D eigenvalue weighted by atomic mass is 16.1. The largest absolute Gasteiger partial charge is 0.352 e. The van der Waals surface area contributed by atoms with Crippen molar-refractivity contribution >= 4 is 5.91 Å². The summed E-state index contributed by atoms with van der Waals surface area (Å²) in [5, 5.41) is 3.00. The van der Waals surface area contributed by atoms with Gasteiger partial charge in [-0.2, -0.15) is 0 Å². The Morgan fingerprint density at radius 2 is 1.75 bits per heavy atom. The molecular weight excluding hydrogens is 246 g/mol. The predicted molar refractivity (Wildman–Crippen MR) is 86.1 cm³/mol. The van der Waals surface area contributed by atoms with Gasteiger partial charge in [-0.3, -0.25) is 4.79 Å². The number of rotatable bonds is 7. The molecule has 1 amide bonds. The summed E-state index contributed by atoms with van der Waals surface area (Å²) < 4.78 is 0. The summed E-state index contributed by atoms with van der Waals surface area (Å²) >= 11 is 0. The van der Waals surface area contributed by atoms with Gasteiger partial charge in [-0.1, -0.05) is 52.7 Å². The van der Waals surface area contributed by atoms with Crippen LogP contribution in [-0.4, -0.2) is 12.5 Å². The van der Waals surface area contributed by atoms with E-state index in [1.807, 2.05) is 12.1 Å². The van der Waals surface area contributed by atoms with E-state index in [2.05, 4.69) is 45.1 Å². The number of amides is 1. The lowest BCUT2D eigenvalue weighted by atomic mass is 9.90. The van der Waals surface area contributed by atoms with E-state index < -0.39 is 0 Å². The van der Waals surface area contributed by atoms with Crippen LogP contribution in [0.25, 0.3) is 0 Å². The molecule has 0 aromatic heterocycles. The topological polar surface area (TPSA) is 29.1 Å². The maximum absolute atomic E-state index is 12.0. The molecule has 0 spiro atoms. The van der Waals surface area contributed by atoms with E-state index in [0.717, 1.165) is 31.4 Å². The maximum Gasteiger partial charge on any atom is 0.251 e. The maximum atomic E-state index is 12.0. The molecule has 0 saturated heterocycles. The van der Waals surface area contributed by atoms with E-state index in [-0.39, 0.29) is 5.91 Å². The Bertz CT molecular complexity index is 400. The summed E-state index contributed by atoms with van der Waals surface area (Å²) in [6, 6.07) is 7.96. The number of nitrogens with one attached hydrogen (secondary N) is 1. The van der Waals surface area contributed by atoms with Crippen LogP contribution in [0.1, 0.15) is 69.3 Å². The highest BCUT2D eigenvalue weighted by Gasteiger charge is 2.09. The Balaban J connectivity index is 2.28. The van der Waals surface area contributed by atoms with Gasteiger partial charge in [-0.15, -0.1) is 0 Å². The number of carbonyl (C=O) groups excluding carboxylic acids is 1. The number of aryl methyl sites for hydroxylation is 1. The van der Waals surface area contributed by atoms with Crippen LogP contribution in [0, 0.1) is 5.41 Å². The van der Waals surface area contributed by atoms with Crippen molar-refractivity contribution in [2.24, 2.45) is 5.41 Å². The lowest BCUT2D eigenvalue weighted by Gasteiger charge is -2.17. The molecule has 0 saturated carbocycles. The molecule has 1 rings (SSSR count). The Morgan fingerprint density at radius 1 is 1.10 bits per heavy atom. The van der Waals surface area contributed by atoms with Crippen LogP contribution in [0.3, 0.4) is 0 Å². The van der Waals surface area contributed by atoms with Crippen molar-refractivity contribution in [3.8, 4) is 0 Å².